The normalized spacial score (nSPS) is 17.9. The fourth-order valence-electron chi connectivity index (χ4n) is 4.29. The van der Waals surface area contributed by atoms with Crippen molar-refractivity contribution in [1.82, 2.24) is 0 Å². The molecule has 2 aliphatic rings. The van der Waals surface area contributed by atoms with Gasteiger partial charge in [-0.05, 0) is 42.5 Å². The largest absolute Gasteiger partial charge is 0.233 e. The summed E-state index contributed by atoms with van der Waals surface area (Å²) in [4.78, 5) is 35.3. The molecule has 0 saturated carbocycles. The van der Waals surface area contributed by atoms with Gasteiger partial charge in [-0.25, -0.2) is 14.4 Å². The van der Waals surface area contributed by atoms with Crippen molar-refractivity contribution < 1.29 is 14.4 Å². The Kier molecular flexibility index (Phi) is 5.55. The van der Waals surface area contributed by atoms with Gasteiger partial charge in [-0.2, -0.15) is 0 Å². The zero-order valence-electron chi connectivity index (χ0n) is 16.1. The van der Waals surface area contributed by atoms with Crippen molar-refractivity contribution in [3.05, 3.63) is 113 Å². The molecule has 0 fully saturated rings. The Balaban J connectivity index is 2.12. The van der Waals surface area contributed by atoms with Crippen LogP contribution in [0.2, 0.25) is 0 Å². The quantitative estimate of drug-likeness (QED) is 0.572. The molecule has 2 aromatic rings. The number of rotatable bonds is 4. The molecule has 0 aromatic heterocycles. The minimum atomic E-state index is -2.41. The average molecular weight is 409 g/mol. The third-order valence-corrected chi connectivity index (χ3v) is 10.3. The number of hydrogen-bond acceptors (Lipinski definition) is 3. The predicted octanol–water partition coefficient (Wildman–Crippen LogP) is 3.71. The maximum absolute atomic E-state index is 12.2. The van der Waals surface area contributed by atoms with E-state index in [0.717, 1.165) is 17.0 Å². The second kappa shape index (κ2) is 8.44. The Morgan fingerprint density at radius 3 is 1.90 bits per heavy atom. The van der Waals surface area contributed by atoms with Gasteiger partial charge in [0, 0.05) is 6.42 Å². The molecule has 1 unspecified atom stereocenters. The van der Waals surface area contributed by atoms with Crippen LogP contribution in [0.4, 0.5) is 0 Å². The molecule has 0 N–H and O–H groups in total. The van der Waals surface area contributed by atoms with Gasteiger partial charge in [-0.1, -0.05) is 48.6 Å². The first kappa shape index (κ1) is 19.7. The molecule has 144 valence electrons. The van der Waals surface area contributed by atoms with Crippen LogP contribution in [-0.2, 0) is 14.4 Å². The van der Waals surface area contributed by atoms with Crippen molar-refractivity contribution in [2.24, 2.45) is 0 Å². The molecule has 2 aliphatic carbocycles. The highest BCUT2D eigenvalue weighted by atomic mass is 31.2. The maximum Gasteiger partial charge on any atom is 0.138 e. The molecule has 0 amide bonds. The van der Waals surface area contributed by atoms with Gasteiger partial charge in [-0.15, -0.1) is 0 Å². The van der Waals surface area contributed by atoms with Crippen LogP contribution in [0, 0.1) is 0 Å². The lowest BCUT2D eigenvalue weighted by Gasteiger charge is -2.35. The smallest absolute Gasteiger partial charge is 0.138 e. The second-order valence-corrected chi connectivity index (χ2v) is 10.6. The number of benzene rings is 2. The summed E-state index contributed by atoms with van der Waals surface area (Å²) in [6.07, 6.45) is 10.4. The maximum atomic E-state index is 12.2. The SMILES string of the molecule is O=C=C1C=CC([P+](C2=CC=CC2)(c2ccccc2)c2ccccc2)C(=C=O)C1=C=O. The minimum absolute atomic E-state index is 0.0392. The predicted molar refractivity (Wildman–Crippen MR) is 121 cm³/mol. The van der Waals surface area contributed by atoms with E-state index in [4.69, 9.17) is 0 Å². The standard InChI is InChI=1S/C26H18O3P/c27-17-20-15-16-26(25(19-29)24(20)18-28)30(23-13-7-8-14-23,21-9-3-1-4-10-21)22-11-5-2-6-12-22/h1-13,15-16,26H,14H2/q+1. The lowest BCUT2D eigenvalue weighted by Crippen LogP contribution is -2.34. The van der Waals surface area contributed by atoms with Gasteiger partial charge >= 0.3 is 0 Å². The molecule has 0 saturated heterocycles. The zero-order valence-corrected chi connectivity index (χ0v) is 17.0. The summed E-state index contributed by atoms with van der Waals surface area (Å²) in [5.74, 6) is 5.54. The summed E-state index contributed by atoms with van der Waals surface area (Å²) < 4.78 is 0. The average Bonchev–Trinajstić information content (AvgIpc) is 3.35. The molecule has 4 rings (SSSR count). The van der Waals surface area contributed by atoms with Gasteiger partial charge in [0.2, 0.25) is 0 Å². The summed E-state index contributed by atoms with van der Waals surface area (Å²) in [6.45, 7) is 0. The van der Waals surface area contributed by atoms with E-state index in [0.29, 0.717) is 0 Å². The monoisotopic (exact) mass is 409 g/mol. The van der Waals surface area contributed by atoms with Crippen molar-refractivity contribution in [3.8, 4) is 0 Å². The first-order chi connectivity index (χ1) is 14.8. The molecule has 2 aromatic carbocycles. The molecule has 0 bridgehead atoms. The molecule has 0 heterocycles. The summed E-state index contributed by atoms with van der Waals surface area (Å²) in [5.41, 5.74) is -0.271. The summed E-state index contributed by atoms with van der Waals surface area (Å²) in [7, 11) is -2.41. The highest BCUT2D eigenvalue weighted by molar-refractivity contribution is 7.93. The lowest BCUT2D eigenvalue weighted by atomic mass is 9.93. The number of allylic oxidation sites excluding steroid dienone is 9. The van der Waals surface area contributed by atoms with Crippen LogP contribution >= 0.6 is 7.26 Å². The van der Waals surface area contributed by atoms with Crippen LogP contribution < -0.4 is 10.6 Å². The zero-order chi connectivity index (χ0) is 21.0. The highest BCUT2D eigenvalue weighted by Gasteiger charge is 2.56. The van der Waals surface area contributed by atoms with E-state index in [2.05, 4.69) is 36.4 Å². The number of carbonyl (C=O) groups excluding carboxylic acids is 3. The van der Waals surface area contributed by atoms with Crippen molar-refractivity contribution in [2.75, 3.05) is 0 Å². The van der Waals surface area contributed by atoms with Gasteiger partial charge in [-0.3, -0.25) is 0 Å². The van der Waals surface area contributed by atoms with Crippen LogP contribution in [0.25, 0.3) is 0 Å². The molecular weight excluding hydrogens is 391 g/mol. The van der Waals surface area contributed by atoms with Crippen molar-refractivity contribution in [1.29, 1.82) is 0 Å². The molecule has 4 heteroatoms. The molecule has 0 aliphatic heterocycles. The van der Waals surface area contributed by atoms with Crippen LogP contribution in [0.1, 0.15) is 6.42 Å². The fourth-order valence-corrected chi connectivity index (χ4v) is 9.17. The van der Waals surface area contributed by atoms with Crippen LogP contribution in [-0.4, -0.2) is 23.5 Å². The Bertz CT molecular complexity index is 1180. The van der Waals surface area contributed by atoms with E-state index in [1.165, 1.54) is 5.31 Å². The van der Waals surface area contributed by atoms with Gasteiger partial charge in [0.15, 0.2) is 0 Å². The third kappa shape index (κ3) is 3.04. The van der Waals surface area contributed by atoms with Gasteiger partial charge in [0.25, 0.3) is 0 Å². The van der Waals surface area contributed by atoms with Gasteiger partial charge in [0.05, 0.1) is 16.5 Å². The second-order valence-electron chi connectivity index (χ2n) is 7.00. The molecule has 0 radical (unpaired) electrons. The first-order valence-electron chi connectivity index (χ1n) is 9.57. The summed E-state index contributed by atoms with van der Waals surface area (Å²) >= 11 is 0. The van der Waals surface area contributed by atoms with Crippen molar-refractivity contribution in [2.45, 2.75) is 12.1 Å². The fraction of sp³-hybridized carbons (Fsp3) is 0.0769. The van der Waals surface area contributed by atoms with Gasteiger partial charge in [0.1, 0.15) is 46.9 Å². The molecular formula is C26H18O3P+. The Morgan fingerprint density at radius 2 is 1.43 bits per heavy atom. The van der Waals surface area contributed by atoms with Crippen molar-refractivity contribution in [3.63, 3.8) is 0 Å². The number of hydrogen-bond donors (Lipinski definition) is 0. The topological polar surface area (TPSA) is 51.2 Å². The van der Waals surface area contributed by atoms with E-state index in [-0.39, 0.29) is 16.7 Å². The molecule has 1 atom stereocenters. The molecule has 3 nitrogen and oxygen atoms in total. The summed E-state index contributed by atoms with van der Waals surface area (Å²) in [6, 6.07) is 20.2. The van der Waals surface area contributed by atoms with Gasteiger partial charge < -0.3 is 0 Å². The Morgan fingerprint density at radius 1 is 0.800 bits per heavy atom. The summed E-state index contributed by atoms with van der Waals surface area (Å²) in [5, 5.41) is 3.39. The Hall–Kier alpha value is -3.56. The van der Waals surface area contributed by atoms with Crippen LogP contribution in [0.15, 0.2) is 113 Å². The molecule has 30 heavy (non-hydrogen) atoms. The van der Waals surface area contributed by atoms with Crippen LogP contribution in [0.3, 0.4) is 0 Å². The lowest BCUT2D eigenvalue weighted by molar-refractivity contribution is 0.562. The Labute approximate surface area is 175 Å². The van der Waals surface area contributed by atoms with Crippen molar-refractivity contribution >= 4 is 35.7 Å². The first-order valence-corrected chi connectivity index (χ1v) is 11.4. The minimum Gasteiger partial charge on any atom is -0.233 e. The van der Waals surface area contributed by atoms with E-state index in [9.17, 15) is 14.4 Å². The third-order valence-electron chi connectivity index (χ3n) is 5.55. The van der Waals surface area contributed by atoms with Crippen LogP contribution in [0.5, 0.6) is 0 Å². The highest BCUT2D eigenvalue weighted by Crippen LogP contribution is 2.71. The van der Waals surface area contributed by atoms with E-state index < -0.39 is 12.9 Å². The van der Waals surface area contributed by atoms with E-state index >= 15 is 0 Å². The van der Waals surface area contributed by atoms with E-state index in [1.807, 2.05) is 54.5 Å². The molecule has 0 spiro atoms. The van der Waals surface area contributed by atoms with E-state index in [1.54, 1.807) is 18.0 Å².